The van der Waals surface area contributed by atoms with E-state index in [-0.39, 0.29) is 18.0 Å². The first-order valence-corrected chi connectivity index (χ1v) is 6.59. The summed E-state index contributed by atoms with van der Waals surface area (Å²) in [5, 5.41) is 2.93. The molecule has 0 saturated carbocycles. The highest BCUT2D eigenvalue weighted by molar-refractivity contribution is 5.82. The molecule has 0 spiro atoms. The van der Waals surface area contributed by atoms with Gasteiger partial charge in [-0.1, -0.05) is 12.1 Å². The first kappa shape index (κ1) is 14.2. The van der Waals surface area contributed by atoms with Crippen molar-refractivity contribution in [2.75, 3.05) is 18.5 Å². The molecule has 1 aromatic carbocycles. The summed E-state index contributed by atoms with van der Waals surface area (Å²) < 4.78 is 0. The molecule has 1 N–H and O–H groups in total. The van der Waals surface area contributed by atoms with Crippen LogP contribution in [0.4, 0.5) is 5.82 Å². The van der Waals surface area contributed by atoms with E-state index in [1.165, 1.54) is 0 Å². The Hall–Kier alpha value is -2.17. The van der Waals surface area contributed by atoms with Crippen molar-refractivity contribution in [1.29, 1.82) is 0 Å². The molecule has 1 heterocycles. The summed E-state index contributed by atoms with van der Waals surface area (Å²) in [6, 6.07) is 7.68. The van der Waals surface area contributed by atoms with Gasteiger partial charge in [0.05, 0.1) is 23.8 Å². The van der Waals surface area contributed by atoms with Gasteiger partial charge in [-0.05, 0) is 32.9 Å². The Balaban J connectivity index is 2.11. The van der Waals surface area contributed by atoms with Crippen molar-refractivity contribution in [2.24, 2.45) is 0 Å². The average molecular weight is 272 g/mol. The van der Waals surface area contributed by atoms with Gasteiger partial charge in [0.1, 0.15) is 5.82 Å². The fourth-order valence-corrected chi connectivity index (χ4v) is 1.89. The number of nitrogens with one attached hydrogen (secondary N) is 1. The highest BCUT2D eigenvalue weighted by Crippen LogP contribution is 2.13. The Morgan fingerprint density at radius 3 is 2.55 bits per heavy atom. The maximum absolute atomic E-state index is 11.9. The second-order valence-corrected chi connectivity index (χ2v) is 5.87. The number of likely N-dealkylation sites (N-methyl/N-ethyl adjacent to an activating group) is 1. The third kappa shape index (κ3) is 3.66. The Morgan fingerprint density at radius 1 is 1.25 bits per heavy atom. The number of amides is 1. The lowest BCUT2D eigenvalue weighted by atomic mass is 10.1. The van der Waals surface area contributed by atoms with Gasteiger partial charge in [-0.25, -0.2) is 4.98 Å². The summed E-state index contributed by atoms with van der Waals surface area (Å²) in [6.45, 7) is 6.13. The lowest BCUT2D eigenvalue weighted by Gasteiger charge is -2.23. The maximum Gasteiger partial charge on any atom is 0.239 e. The minimum atomic E-state index is -0.229. The van der Waals surface area contributed by atoms with Crippen LogP contribution in [0.5, 0.6) is 0 Å². The van der Waals surface area contributed by atoms with Crippen molar-refractivity contribution in [3.8, 4) is 0 Å². The lowest BCUT2D eigenvalue weighted by molar-refractivity contribution is -0.121. The van der Waals surface area contributed by atoms with E-state index in [1.54, 1.807) is 11.1 Å². The second kappa shape index (κ2) is 5.45. The summed E-state index contributed by atoms with van der Waals surface area (Å²) in [4.78, 5) is 22.6. The van der Waals surface area contributed by atoms with Gasteiger partial charge in [-0.2, -0.15) is 0 Å². The van der Waals surface area contributed by atoms with Crippen LogP contribution in [0.3, 0.4) is 0 Å². The van der Waals surface area contributed by atoms with E-state index in [0.717, 1.165) is 11.0 Å². The van der Waals surface area contributed by atoms with Crippen LogP contribution in [0.1, 0.15) is 20.8 Å². The number of hydrogen-bond acceptors (Lipinski definition) is 4. The highest BCUT2D eigenvalue weighted by atomic mass is 16.2. The molecule has 2 rings (SSSR count). The molecule has 0 saturated heterocycles. The normalized spacial score (nSPS) is 11.4. The van der Waals surface area contributed by atoms with Gasteiger partial charge in [-0.15, -0.1) is 0 Å². The summed E-state index contributed by atoms with van der Waals surface area (Å²) in [5.74, 6) is 0.655. The molecule has 0 fully saturated rings. The number of benzene rings is 1. The van der Waals surface area contributed by atoms with Gasteiger partial charge < -0.3 is 10.2 Å². The van der Waals surface area contributed by atoms with E-state index in [1.807, 2.05) is 52.1 Å². The van der Waals surface area contributed by atoms with Crippen molar-refractivity contribution in [3.63, 3.8) is 0 Å². The topological polar surface area (TPSA) is 58.1 Å². The van der Waals surface area contributed by atoms with E-state index < -0.39 is 0 Å². The van der Waals surface area contributed by atoms with Crippen molar-refractivity contribution >= 4 is 22.8 Å². The zero-order valence-corrected chi connectivity index (χ0v) is 12.3. The number of carbonyl (C=O) groups excluding carboxylic acids is 1. The summed E-state index contributed by atoms with van der Waals surface area (Å²) in [6.07, 6.45) is 1.69. The van der Waals surface area contributed by atoms with E-state index in [4.69, 9.17) is 0 Å². The van der Waals surface area contributed by atoms with Crippen molar-refractivity contribution in [2.45, 2.75) is 26.3 Å². The Morgan fingerprint density at radius 2 is 1.90 bits per heavy atom. The van der Waals surface area contributed by atoms with Gasteiger partial charge in [0.15, 0.2) is 0 Å². The fourth-order valence-electron chi connectivity index (χ4n) is 1.89. The third-order valence-electron chi connectivity index (χ3n) is 2.72. The smallest absolute Gasteiger partial charge is 0.239 e. The number of aromatic nitrogens is 2. The molecule has 5 heteroatoms. The Bertz CT molecular complexity index is 619. The van der Waals surface area contributed by atoms with Crippen LogP contribution in [-0.2, 0) is 4.79 Å². The van der Waals surface area contributed by atoms with Crippen molar-refractivity contribution in [1.82, 2.24) is 15.3 Å². The number of carbonyl (C=O) groups is 1. The van der Waals surface area contributed by atoms with Gasteiger partial charge in [-0.3, -0.25) is 9.78 Å². The number of anilines is 1. The van der Waals surface area contributed by atoms with Gasteiger partial charge in [0.25, 0.3) is 0 Å². The number of hydrogen-bond donors (Lipinski definition) is 1. The summed E-state index contributed by atoms with van der Waals surface area (Å²) in [5.41, 5.74) is 1.45. The minimum absolute atomic E-state index is 0.0324. The average Bonchev–Trinajstić information content (AvgIpc) is 2.35. The predicted molar refractivity (Wildman–Crippen MR) is 80.7 cm³/mol. The Labute approximate surface area is 119 Å². The zero-order valence-electron chi connectivity index (χ0n) is 12.3. The molecular formula is C15H20N4O. The molecule has 20 heavy (non-hydrogen) atoms. The number of rotatable bonds is 3. The molecule has 1 aromatic heterocycles. The van der Waals surface area contributed by atoms with E-state index >= 15 is 0 Å². The summed E-state index contributed by atoms with van der Waals surface area (Å²) >= 11 is 0. The zero-order chi connectivity index (χ0) is 14.8. The van der Waals surface area contributed by atoms with Crippen LogP contribution in [0, 0.1) is 0 Å². The largest absolute Gasteiger partial charge is 0.350 e. The predicted octanol–water partition coefficient (Wildman–Crippen LogP) is 1.98. The second-order valence-electron chi connectivity index (χ2n) is 5.87. The number of para-hydroxylation sites is 2. The number of fused-ring (bicyclic) bond motifs is 1. The van der Waals surface area contributed by atoms with Crippen LogP contribution in [-0.4, -0.2) is 35.0 Å². The molecule has 0 unspecified atom stereocenters. The SMILES string of the molecule is CN(CC(=O)NC(C)(C)C)c1cnc2ccccc2n1. The highest BCUT2D eigenvalue weighted by Gasteiger charge is 2.16. The molecule has 0 aliphatic carbocycles. The molecule has 0 atom stereocenters. The molecule has 5 nitrogen and oxygen atoms in total. The van der Waals surface area contributed by atoms with Crippen molar-refractivity contribution < 1.29 is 4.79 Å². The van der Waals surface area contributed by atoms with Crippen LogP contribution in [0.25, 0.3) is 11.0 Å². The van der Waals surface area contributed by atoms with Crippen molar-refractivity contribution in [3.05, 3.63) is 30.5 Å². The monoisotopic (exact) mass is 272 g/mol. The number of nitrogens with zero attached hydrogens (tertiary/aromatic N) is 3. The molecule has 0 bridgehead atoms. The fraction of sp³-hybridized carbons (Fsp3) is 0.400. The minimum Gasteiger partial charge on any atom is -0.350 e. The molecule has 0 radical (unpaired) electrons. The molecule has 1 amide bonds. The summed E-state index contributed by atoms with van der Waals surface area (Å²) in [7, 11) is 1.83. The van der Waals surface area contributed by atoms with E-state index in [2.05, 4.69) is 15.3 Å². The van der Waals surface area contributed by atoms with Gasteiger partial charge in [0.2, 0.25) is 5.91 Å². The first-order chi connectivity index (χ1) is 9.35. The quantitative estimate of drug-likeness (QED) is 0.928. The van der Waals surface area contributed by atoms with E-state index in [0.29, 0.717) is 5.82 Å². The third-order valence-corrected chi connectivity index (χ3v) is 2.72. The van der Waals surface area contributed by atoms with Crippen LogP contribution < -0.4 is 10.2 Å². The molecular weight excluding hydrogens is 252 g/mol. The Kier molecular flexibility index (Phi) is 3.88. The standard InChI is InChI=1S/C15H20N4O/c1-15(2,3)18-14(20)10-19(4)13-9-16-11-7-5-6-8-12(11)17-13/h5-9H,10H2,1-4H3,(H,18,20). The lowest BCUT2D eigenvalue weighted by Crippen LogP contribution is -2.45. The first-order valence-electron chi connectivity index (χ1n) is 6.59. The molecule has 0 aliphatic rings. The van der Waals surface area contributed by atoms with Gasteiger partial charge >= 0.3 is 0 Å². The molecule has 2 aromatic rings. The van der Waals surface area contributed by atoms with Crippen LogP contribution in [0.2, 0.25) is 0 Å². The molecule has 106 valence electrons. The maximum atomic E-state index is 11.9. The van der Waals surface area contributed by atoms with E-state index in [9.17, 15) is 4.79 Å². The van der Waals surface area contributed by atoms with Crippen LogP contribution in [0.15, 0.2) is 30.5 Å². The van der Waals surface area contributed by atoms with Gasteiger partial charge in [0, 0.05) is 12.6 Å². The van der Waals surface area contributed by atoms with Crippen LogP contribution >= 0.6 is 0 Å². The molecule has 0 aliphatic heterocycles.